The van der Waals surface area contributed by atoms with Crippen LogP contribution in [0.25, 0.3) is 11.5 Å². The van der Waals surface area contributed by atoms with Crippen molar-refractivity contribution < 1.29 is 4.42 Å². The summed E-state index contributed by atoms with van der Waals surface area (Å²) < 4.78 is 7.43. The lowest BCUT2D eigenvalue weighted by Crippen LogP contribution is -2.07. The van der Waals surface area contributed by atoms with Crippen molar-refractivity contribution in [1.82, 2.24) is 20.0 Å². The summed E-state index contributed by atoms with van der Waals surface area (Å²) in [5.41, 5.74) is 1.68. The van der Waals surface area contributed by atoms with Crippen LogP contribution in [0.4, 0.5) is 0 Å². The van der Waals surface area contributed by atoms with E-state index in [1.807, 2.05) is 44.2 Å². The van der Waals surface area contributed by atoms with Gasteiger partial charge >= 0.3 is 0 Å². The Bertz CT molecular complexity index is 700. The maximum absolute atomic E-state index is 6.01. The van der Waals surface area contributed by atoms with Crippen molar-refractivity contribution in [3.8, 4) is 11.5 Å². The Morgan fingerprint density at radius 3 is 2.60 bits per heavy atom. The first-order chi connectivity index (χ1) is 9.65. The van der Waals surface area contributed by atoms with Crippen LogP contribution in [0.15, 0.2) is 40.9 Å². The molecule has 1 aromatic carbocycles. The normalized spacial score (nSPS) is 12.6. The van der Waals surface area contributed by atoms with E-state index in [0.29, 0.717) is 16.8 Å². The number of benzene rings is 1. The lowest BCUT2D eigenvalue weighted by molar-refractivity contribution is 0.415. The second-order valence-electron chi connectivity index (χ2n) is 4.53. The van der Waals surface area contributed by atoms with Crippen molar-refractivity contribution in [2.24, 2.45) is 0 Å². The van der Waals surface area contributed by atoms with Gasteiger partial charge in [0, 0.05) is 11.8 Å². The van der Waals surface area contributed by atoms with Crippen molar-refractivity contribution in [3.05, 3.63) is 53.1 Å². The smallest absolute Gasteiger partial charge is 0.247 e. The van der Waals surface area contributed by atoms with Crippen molar-refractivity contribution >= 4 is 11.6 Å². The average Bonchev–Trinajstić information content (AvgIpc) is 3.07. The van der Waals surface area contributed by atoms with Gasteiger partial charge in [0.15, 0.2) is 0 Å². The molecule has 0 spiro atoms. The molecule has 3 rings (SSSR count). The Morgan fingerprint density at radius 1 is 1.20 bits per heavy atom. The molecule has 102 valence electrons. The third kappa shape index (κ3) is 2.32. The number of aryl methyl sites for hydroxylation is 1. The van der Waals surface area contributed by atoms with Gasteiger partial charge in [0.2, 0.25) is 11.8 Å². The summed E-state index contributed by atoms with van der Waals surface area (Å²) in [6, 6.07) is 9.50. The van der Waals surface area contributed by atoms with Crippen LogP contribution in [-0.2, 0) is 0 Å². The molecule has 0 radical (unpaired) electrons. The average molecular weight is 289 g/mol. The van der Waals surface area contributed by atoms with Crippen molar-refractivity contribution in [1.29, 1.82) is 0 Å². The third-order valence-electron chi connectivity index (χ3n) is 3.07. The molecule has 2 aromatic heterocycles. The van der Waals surface area contributed by atoms with Crippen LogP contribution in [0.1, 0.15) is 24.6 Å². The fraction of sp³-hybridized carbons (Fsp3) is 0.214. The van der Waals surface area contributed by atoms with Gasteiger partial charge in [-0.25, -0.2) is 0 Å². The quantitative estimate of drug-likeness (QED) is 0.740. The maximum atomic E-state index is 6.01. The highest BCUT2D eigenvalue weighted by molar-refractivity contribution is 6.31. The summed E-state index contributed by atoms with van der Waals surface area (Å²) >= 11 is 6.01. The van der Waals surface area contributed by atoms with Gasteiger partial charge in [-0.15, -0.1) is 10.2 Å². The zero-order valence-corrected chi connectivity index (χ0v) is 11.9. The number of nitrogens with zero attached hydrogens (tertiary/aromatic N) is 4. The van der Waals surface area contributed by atoms with E-state index in [4.69, 9.17) is 16.0 Å². The van der Waals surface area contributed by atoms with Gasteiger partial charge in [0.1, 0.15) is 6.04 Å². The first-order valence-corrected chi connectivity index (χ1v) is 6.63. The minimum atomic E-state index is -0.161. The Kier molecular flexibility index (Phi) is 3.28. The lowest BCUT2D eigenvalue weighted by atomic mass is 10.2. The van der Waals surface area contributed by atoms with E-state index in [2.05, 4.69) is 15.3 Å². The zero-order valence-electron chi connectivity index (χ0n) is 11.1. The van der Waals surface area contributed by atoms with E-state index in [1.54, 1.807) is 10.9 Å². The molecule has 1 unspecified atom stereocenters. The molecule has 0 saturated carbocycles. The number of halogens is 1. The standard InChI is InChI=1S/C14H13ClN4O/c1-9-12(15)8-19(18-9)10(2)13-16-17-14(20-13)11-6-4-3-5-7-11/h3-8,10H,1-2H3. The predicted octanol–water partition coefficient (Wildman–Crippen LogP) is 3.50. The van der Waals surface area contributed by atoms with Gasteiger partial charge in [-0.3, -0.25) is 4.68 Å². The molecule has 0 aliphatic carbocycles. The first-order valence-electron chi connectivity index (χ1n) is 6.25. The Labute approximate surface area is 121 Å². The van der Waals surface area contributed by atoms with Crippen LogP contribution < -0.4 is 0 Å². The molecule has 0 fully saturated rings. The van der Waals surface area contributed by atoms with Gasteiger partial charge in [0.25, 0.3) is 0 Å². The summed E-state index contributed by atoms with van der Waals surface area (Å²) in [7, 11) is 0. The third-order valence-corrected chi connectivity index (χ3v) is 3.44. The molecule has 0 aliphatic heterocycles. The number of rotatable bonds is 3. The maximum Gasteiger partial charge on any atom is 0.247 e. The molecule has 6 heteroatoms. The largest absolute Gasteiger partial charge is 0.418 e. The summed E-state index contributed by atoms with van der Waals surface area (Å²) in [5, 5.41) is 13.1. The van der Waals surface area contributed by atoms with E-state index in [1.165, 1.54) is 0 Å². The number of hydrogen-bond acceptors (Lipinski definition) is 4. The second kappa shape index (κ2) is 5.09. The minimum absolute atomic E-state index is 0.161. The molecule has 0 bridgehead atoms. The Balaban J connectivity index is 1.90. The van der Waals surface area contributed by atoms with Gasteiger partial charge in [0.05, 0.1) is 10.7 Å². The van der Waals surface area contributed by atoms with Crippen LogP contribution in [0.3, 0.4) is 0 Å². The van der Waals surface area contributed by atoms with Crippen LogP contribution in [0.5, 0.6) is 0 Å². The minimum Gasteiger partial charge on any atom is -0.418 e. The van der Waals surface area contributed by atoms with E-state index in [9.17, 15) is 0 Å². The van der Waals surface area contributed by atoms with Gasteiger partial charge in [-0.05, 0) is 26.0 Å². The number of aromatic nitrogens is 4. The molecular formula is C14H13ClN4O. The van der Waals surface area contributed by atoms with E-state index in [-0.39, 0.29) is 6.04 Å². The van der Waals surface area contributed by atoms with E-state index in [0.717, 1.165) is 11.3 Å². The van der Waals surface area contributed by atoms with E-state index >= 15 is 0 Å². The fourth-order valence-electron chi connectivity index (χ4n) is 1.87. The Morgan fingerprint density at radius 2 is 1.95 bits per heavy atom. The molecule has 0 aliphatic rings. The first kappa shape index (κ1) is 12.9. The second-order valence-corrected chi connectivity index (χ2v) is 4.94. The molecule has 1 atom stereocenters. The molecule has 2 heterocycles. The topological polar surface area (TPSA) is 56.7 Å². The lowest BCUT2D eigenvalue weighted by Gasteiger charge is -2.06. The highest BCUT2D eigenvalue weighted by atomic mass is 35.5. The van der Waals surface area contributed by atoms with E-state index < -0.39 is 0 Å². The molecular weight excluding hydrogens is 276 g/mol. The van der Waals surface area contributed by atoms with Crippen LogP contribution in [-0.4, -0.2) is 20.0 Å². The summed E-state index contributed by atoms with van der Waals surface area (Å²) in [4.78, 5) is 0. The fourth-order valence-corrected chi connectivity index (χ4v) is 2.01. The highest BCUT2D eigenvalue weighted by Gasteiger charge is 2.18. The van der Waals surface area contributed by atoms with Gasteiger partial charge in [-0.1, -0.05) is 29.8 Å². The van der Waals surface area contributed by atoms with Gasteiger partial charge < -0.3 is 4.42 Å². The van der Waals surface area contributed by atoms with Crippen LogP contribution in [0.2, 0.25) is 5.02 Å². The van der Waals surface area contributed by atoms with Crippen molar-refractivity contribution in [2.45, 2.75) is 19.9 Å². The van der Waals surface area contributed by atoms with Crippen LogP contribution in [0, 0.1) is 6.92 Å². The SMILES string of the molecule is Cc1nn(C(C)c2nnc(-c3ccccc3)o2)cc1Cl. The zero-order chi connectivity index (χ0) is 14.1. The van der Waals surface area contributed by atoms with Gasteiger partial charge in [-0.2, -0.15) is 5.10 Å². The number of hydrogen-bond donors (Lipinski definition) is 0. The highest BCUT2D eigenvalue weighted by Crippen LogP contribution is 2.23. The molecule has 0 saturated heterocycles. The molecule has 20 heavy (non-hydrogen) atoms. The van der Waals surface area contributed by atoms with Crippen molar-refractivity contribution in [3.63, 3.8) is 0 Å². The summed E-state index contributed by atoms with van der Waals surface area (Å²) in [5.74, 6) is 1.01. The van der Waals surface area contributed by atoms with Crippen molar-refractivity contribution in [2.75, 3.05) is 0 Å². The summed E-state index contributed by atoms with van der Waals surface area (Å²) in [6.45, 7) is 3.79. The molecule has 0 amide bonds. The Hall–Kier alpha value is -2.14. The summed E-state index contributed by atoms with van der Waals surface area (Å²) in [6.07, 6.45) is 1.76. The predicted molar refractivity (Wildman–Crippen MR) is 75.5 cm³/mol. The molecule has 3 aromatic rings. The van der Waals surface area contributed by atoms with Crippen LogP contribution >= 0.6 is 11.6 Å². The monoisotopic (exact) mass is 288 g/mol. The molecule has 0 N–H and O–H groups in total. The molecule has 5 nitrogen and oxygen atoms in total.